The number of anilines is 1. The lowest BCUT2D eigenvalue weighted by molar-refractivity contribution is 0.0183. The van der Waals surface area contributed by atoms with Crippen LogP contribution >= 0.6 is 15.9 Å². The van der Waals surface area contributed by atoms with Crippen molar-refractivity contribution >= 4 is 31.6 Å². The van der Waals surface area contributed by atoms with Crippen LogP contribution in [0.5, 0.6) is 0 Å². The van der Waals surface area contributed by atoms with E-state index in [-0.39, 0.29) is 11.0 Å². The first-order valence-electron chi connectivity index (χ1n) is 6.44. The first kappa shape index (κ1) is 15.8. The Morgan fingerprint density at radius 3 is 2.75 bits per heavy atom. The molecule has 1 aromatic rings. The van der Waals surface area contributed by atoms with Gasteiger partial charge in [-0.25, -0.2) is 8.42 Å². The summed E-state index contributed by atoms with van der Waals surface area (Å²) in [5, 5.41) is 0. The van der Waals surface area contributed by atoms with E-state index in [4.69, 9.17) is 10.5 Å². The molecule has 0 aromatic heterocycles. The van der Waals surface area contributed by atoms with E-state index in [9.17, 15) is 8.42 Å². The molecule has 0 radical (unpaired) electrons. The Labute approximate surface area is 128 Å². The number of nitrogens with zero attached hydrogens (tertiary/aromatic N) is 1. The summed E-state index contributed by atoms with van der Waals surface area (Å²) in [6.45, 7) is 2.98. The van der Waals surface area contributed by atoms with E-state index in [1.54, 1.807) is 19.2 Å². The zero-order valence-electron chi connectivity index (χ0n) is 11.5. The SMILES string of the molecule is COC1CN(S(=O)(=O)c2ccc(N)cc2Br)CCC1C. The molecule has 5 nitrogen and oxygen atoms in total. The molecular weight excluding hydrogens is 344 g/mol. The molecule has 0 saturated carbocycles. The number of ether oxygens (including phenoxy) is 1. The maximum atomic E-state index is 12.7. The van der Waals surface area contributed by atoms with Gasteiger partial charge in [0.2, 0.25) is 10.0 Å². The Bertz CT molecular complexity index is 591. The molecule has 1 fully saturated rings. The number of rotatable bonds is 3. The molecular formula is C13H19BrN2O3S. The van der Waals surface area contributed by atoms with Crippen molar-refractivity contribution in [1.82, 2.24) is 4.31 Å². The topological polar surface area (TPSA) is 72.6 Å². The fraction of sp³-hybridized carbons (Fsp3) is 0.538. The number of benzene rings is 1. The number of halogens is 1. The number of methoxy groups -OCH3 is 1. The van der Waals surface area contributed by atoms with Crippen LogP contribution in [-0.4, -0.2) is 39.0 Å². The third-order valence-electron chi connectivity index (χ3n) is 3.73. The van der Waals surface area contributed by atoms with Gasteiger partial charge in [0, 0.05) is 30.4 Å². The quantitative estimate of drug-likeness (QED) is 0.835. The van der Waals surface area contributed by atoms with Crippen molar-refractivity contribution < 1.29 is 13.2 Å². The third-order valence-corrected chi connectivity index (χ3v) is 6.57. The van der Waals surface area contributed by atoms with Crippen molar-refractivity contribution in [3.05, 3.63) is 22.7 Å². The van der Waals surface area contributed by atoms with Crippen molar-refractivity contribution in [2.45, 2.75) is 24.3 Å². The highest BCUT2D eigenvalue weighted by Gasteiger charge is 2.34. The van der Waals surface area contributed by atoms with Crippen molar-refractivity contribution in [3.63, 3.8) is 0 Å². The molecule has 0 bridgehead atoms. The van der Waals surface area contributed by atoms with Gasteiger partial charge in [0.1, 0.15) is 0 Å². The number of nitrogens with two attached hydrogens (primary N) is 1. The Balaban J connectivity index is 2.31. The Hall–Kier alpha value is -0.630. The van der Waals surface area contributed by atoms with E-state index >= 15 is 0 Å². The minimum Gasteiger partial charge on any atom is -0.399 e. The van der Waals surface area contributed by atoms with E-state index in [0.29, 0.717) is 29.2 Å². The molecule has 0 spiro atoms. The first-order valence-corrected chi connectivity index (χ1v) is 8.67. The predicted molar refractivity (Wildman–Crippen MR) is 81.9 cm³/mol. The van der Waals surface area contributed by atoms with E-state index in [2.05, 4.69) is 22.9 Å². The first-order chi connectivity index (χ1) is 9.36. The van der Waals surface area contributed by atoms with Crippen molar-refractivity contribution in [3.8, 4) is 0 Å². The average molecular weight is 363 g/mol. The predicted octanol–water partition coefficient (Wildman–Crippen LogP) is 2.08. The Morgan fingerprint density at radius 2 is 2.15 bits per heavy atom. The minimum atomic E-state index is -3.52. The molecule has 20 heavy (non-hydrogen) atoms. The summed E-state index contributed by atoms with van der Waals surface area (Å²) >= 11 is 3.28. The van der Waals surface area contributed by atoms with Crippen LogP contribution < -0.4 is 5.73 Å². The van der Waals surface area contributed by atoms with Crippen LogP contribution in [0.2, 0.25) is 0 Å². The third kappa shape index (κ3) is 3.00. The fourth-order valence-corrected chi connectivity index (χ4v) is 4.92. The number of hydrogen-bond donors (Lipinski definition) is 1. The van der Waals surface area contributed by atoms with Gasteiger partial charge in [-0.3, -0.25) is 0 Å². The zero-order chi connectivity index (χ0) is 14.9. The lowest BCUT2D eigenvalue weighted by Gasteiger charge is -2.35. The van der Waals surface area contributed by atoms with E-state index in [1.165, 1.54) is 10.4 Å². The molecule has 7 heteroatoms. The van der Waals surface area contributed by atoms with Crippen molar-refractivity contribution in [2.24, 2.45) is 5.92 Å². The summed E-state index contributed by atoms with van der Waals surface area (Å²) in [6.07, 6.45) is 0.732. The van der Waals surface area contributed by atoms with Gasteiger partial charge in [-0.1, -0.05) is 6.92 Å². The zero-order valence-corrected chi connectivity index (χ0v) is 13.9. The van der Waals surface area contributed by atoms with Crippen LogP contribution in [0.4, 0.5) is 5.69 Å². The van der Waals surface area contributed by atoms with Crippen LogP contribution in [0.25, 0.3) is 0 Å². The van der Waals surface area contributed by atoms with Crippen molar-refractivity contribution in [2.75, 3.05) is 25.9 Å². The van der Waals surface area contributed by atoms with Gasteiger partial charge in [0.25, 0.3) is 0 Å². The lowest BCUT2D eigenvalue weighted by Crippen LogP contribution is -2.46. The molecule has 2 rings (SSSR count). The van der Waals surface area contributed by atoms with E-state index in [1.807, 2.05) is 0 Å². The van der Waals surface area contributed by atoms with Gasteiger partial charge < -0.3 is 10.5 Å². The fourth-order valence-electron chi connectivity index (χ4n) is 2.40. The Kier molecular flexibility index (Phi) is 4.73. The van der Waals surface area contributed by atoms with Gasteiger partial charge >= 0.3 is 0 Å². The highest BCUT2D eigenvalue weighted by atomic mass is 79.9. The average Bonchev–Trinajstić information content (AvgIpc) is 2.38. The second-order valence-corrected chi connectivity index (χ2v) is 7.85. The standard InChI is InChI=1S/C13H19BrN2O3S/c1-9-5-6-16(8-12(9)19-2)20(17,18)13-4-3-10(15)7-11(13)14/h3-4,7,9,12H,5-6,8,15H2,1-2H3. The number of piperidine rings is 1. The molecule has 1 aromatic carbocycles. The summed E-state index contributed by atoms with van der Waals surface area (Å²) in [6, 6.07) is 4.74. The largest absolute Gasteiger partial charge is 0.399 e. The monoisotopic (exact) mass is 362 g/mol. The molecule has 0 amide bonds. The van der Waals surface area contributed by atoms with Crippen molar-refractivity contribution in [1.29, 1.82) is 0 Å². The second-order valence-electron chi connectivity index (χ2n) is 5.09. The minimum absolute atomic E-state index is 0.0638. The van der Waals surface area contributed by atoms with Crippen LogP contribution in [0, 0.1) is 5.92 Å². The van der Waals surface area contributed by atoms with Crippen LogP contribution in [-0.2, 0) is 14.8 Å². The summed E-state index contributed by atoms with van der Waals surface area (Å²) in [7, 11) is -1.90. The number of nitrogen functional groups attached to an aromatic ring is 1. The highest BCUT2D eigenvalue weighted by molar-refractivity contribution is 9.10. The van der Waals surface area contributed by atoms with Crippen LogP contribution in [0.15, 0.2) is 27.6 Å². The number of hydrogen-bond acceptors (Lipinski definition) is 4. The molecule has 2 N–H and O–H groups in total. The van der Waals surface area contributed by atoms with E-state index in [0.717, 1.165) is 6.42 Å². The molecule has 1 saturated heterocycles. The molecule has 2 unspecified atom stereocenters. The van der Waals surface area contributed by atoms with Crippen LogP contribution in [0.3, 0.4) is 0 Å². The highest BCUT2D eigenvalue weighted by Crippen LogP contribution is 2.30. The van der Waals surface area contributed by atoms with Gasteiger partial charge in [-0.15, -0.1) is 0 Å². The van der Waals surface area contributed by atoms with Gasteiger partial charge in [-0.2, -0.15) is 4.31 Å². The molecule has 0 aliphatic carbocycles. The van der Waals surface area contributed by atoms with Gasteiger partial charge in [0.05, 0.1) is 11.0 Å². The van der Waals surface area contributed by atoms with E-state index < -0.39 is 10.0 Å². The summed E-state index contributed by atoms with van der Waals surface area (Å²) in [5.41, 5.74) is 6.18. The van der Waals surface area contributed by atoms with Gasteiger partial charge in [0.15, 0.2) is 0 Å². The second kappa shape index (κ2) is 6.01. The summed E-state index contributed by atoms with van der Waals surface area (Å²) in [5.74, 6) is 0.362. The Morgan fingerprint density at radius 1 is 1.45 bits per heavy atom. The molecule has 1 aliphatic heterocycles. The molecule has 112 valence electrons. The van der Waals surface area contributed by atoms with Gasteiger partial charge in [-0.05, 0) is 46.5 Å². The summed E-state index contributed by atoms with van der Waals surface area (Å²) in [4.78, 5) is 0.246. The van der Waals surface area contributed by atoms with Crippen LogP contribution in [0.1, 0.15) is 13.3 Å². The number of sulfonamides is 1. The molecule has 2 atom stereocenters. The molecule has 1 heterocycles. The smallest absolute Gasteiger partial charge is 0.244 e. The summed E-state index contributed by atoms with van der Waals surface area (Å²) < 4.78 is 32.7. The maximum Gasteiger partial charge on any atom is 0.244 e. The normalized spacial score (nSPS) is 24.8. The maximum absolute atomic E-state index is 12.7. The lowest BCUT2D eigenvalue weighted by atomic mass is 9.97. The molecule has 1 aliphatic rings.